The highest BCUT2D eigenvalue weighted by Gasteiger charge is 2.24. The van der Waals surface area contributed by atoms with Gasteiger partial charge in [0.1, 0.15) is 5.82 Å². The molecule has 0 radical (unpaired) electrons. The van der Waals surface area contributed by atoms with Crippen molar-refractivity contribution in [2.45, 2.75) is 46.6 Å². The first kappa shape index (κ1) is 23.5. The second kappa shape index (κ2) is 10.9. The number of rotatable bonds is 10. The molecule has 2 aromatic rings. The van der Waals surface area contributed by atoms with Gasteiger partial charge in [0.05, 0.1) is 17.3 Å². The zero-order chi connectivity index (χ0) is 22.3. The molecule has 9 heteroatoms. The molecule has 0 atom stereocenters. The zero-order valence-corrected chi connectivity index (χ0v) is 18.5. The van der Waals surface area contributed by atoms with Gasteiger partial charge in [-0.15, -0.1) is 0 Å². The SMILES string of the molecule is CCCCn1c(N)c(N(CCC(C)C)C(=O)CNc2ccccc2Cl)c(=O)[nH]c1=O. The van der Waals surface area contributed by atoms with E-state index < -0.39 is 11.2 Å². The Bertz CT molecular complexity index is 983. The highest BCUT2D eigenvalue weighted by Crippen LogP contribution is 2.22. The lowest BCUT2D eigenvalue weighted by Crippen LogP contribution is -2.44. The van der Waals surface area contributed by atoms with Crippen molar-refractivity contribution < 1.29 is 4.79 Å². The Morgan fingerprint density at radius 1 is 1.30 bits per heavy atom. The van der Waals surface area contributed by atoms with E-state index in [-0.39, 0.29) is 24.0 Å². The molecule has 1 heterocycles. The van der Waals surface area contributed by atoms with E-state index in [1.165, 1.54) is 9.47 Å². The topological polar surface area (TPSA) is 113 Å². The molecule has 0 aliphatic heterocycles. The summed E-state index contributed by atoms with van der Waals surface area (Å²) in [6.07, 6.45) is 2.26. The molecular weight excluding hydrogens is 406 g/mol. The van der Waals surface area contributed by atoms with Crippen molar-refractivity contribution >= 4 is 34.7 Å². The fourth-order valence-electron chi connectivity index (χ4n) is 3.00. The van der Waals surface area contributed by atoms with E-state index in [0.717, 1.165) is 12.8 Å². The predicted molar refractivity (Wildman–Crippen MR) is 122 cm³/mol. The van der Waals surface area contributed by atoms with Crippen LogP contribution in [-0.4, -0.2) is 28.5 Å². The molecule has 0 aliphatic rings. The van der Waals surface area contributed by atoms with Crippen LogP contribution in [0, 0.1) is 5.92 Å². The number of carbonyl (C=O) groups is 1. The van der Waals surface area contributed by atoms with Crippen LogP contribution < -0.4 is 27.2 Å². The van der Waals surface area contributed by atoms with Crippen LogP contribution in [0.25, 0.3) is 0 Å². The minimum atomic E-state index is -0.667. The number of benzene rings is 1. The van der Waals surface area contributed by atoms with E-state index in [0.29, 0.717) is 36.1 Å². The summed E-state index contributed by atoms with van der Waals surface area (Å²) in [4.78, 5) is 41.6. The summed E-state index contributed by atoms with van der Waals surface area (Å²) >= 11 is 6.14. The normalized spacial score (nSPS) is 11.0. The summed E-state index contributed by atoms with van der Waals surface area (Å²) < 4.78 is 1.32. The van der Waals surface area contributed by atoms with Gasteiger partial charge in [-0.05, 0) is 30.9 Å². The van der Waals surface area contributed by atoms with Crippen LogP contribution in [0.3, 0.4) is 0 Å². The summed E-state index contributed by atoms with van der Waals surface area (Å²) in [6.45, 7) is 6.65. The Labute approximate surface area is 181 Å². The van der Waals surface area contributed by atoms with Gasteiger partial charge in [0, 0.05) is 13.1 Å². The number of anilines is 3. The lowest BCUT2D eigenvalue weighted by Gasteiger charge is -2.25. The van der Waals surface area contributed by atoms with E-state index in [1.54, 1.807) is 18.2 Å². The highest BCUT2D eigenvalue weighted by molar-refractivity contribution is 6.33. The number of nitrogens with one attached hydrogen (secondary N) is 2. The second-order valence-electron chi connectivity index (χ2n) is 7.56. The van der Waals surface area contributed by atoms with Crippen LogP contribution in [0.15, 0.2) is 33.9 Å². The number of hydrogen-bond acceptors (Lipinski definition) is 5. The van der Waals surface area contributed by atoms with Gasteiger partial charge in [0.25, 0.3) is 5.56 Å². The minimum Gasteiger partial charge on any atom is -0.383 e. The summed E-state index contributed by atoms with van der Waals surface area (Å²) in [6, 6.07) is 7.09. The number of para-hydroxylation sites is 1. The lowest BCUT2D eigenvalue weighted by molar-refractivity contribution is -0.117. The molecule has 0 spiro atoms. The van der Waals surface area contributed by atoms with Gasteiger partial charge in [0.15, 0.2) is 5.69 Å². The molecule has 0 saturated heterocycles. The third kappa shape index (κ3) is 5.89. The number of nitrogen functional groups attached to an aromatic ring is 1. The van der Waals surface area contributed by atoms with E-state index in [9.17, 15) is 14.4 Å². The minimum absolute atomic E-state index is 0.00653. The first-order chi connectivity index (χ1) is 14.3. The van der Waals surface area contributed by atoms with Crippen LogP contribution >= 0.6 is 11.6 Å². The molecule has 1 aromatic heterocycles. The van der Waals surface area contributed by atoms with Gasteiger partial charge in [0.2, 0.25) is 5.91 Å². The third-order valence-electron chi connectivity index (χ3n) is 4.75. The molecule has 4 N–H and O–H groups in total. The van der Waals surface area contributed by atoms with Gasteiger partial charge in [-0.2, -0.15) is 0 Å². The molecule has 1 amide bonds. The second-order valence-corrected chi connectivity index (χ2v) is 7.97. The molecule has 8 nitrogen and oxygen atoms in total. The Hall–Kier alpha value is -2.74. The molecule has 164 valence electrons. The Morgan fingerprint density at radius 2 is 2.00 bits per heavy atom. The van der Waals surface area contributed by atoms with Crippen molar-refractivity contribution in [3.8, 4) is 0 Å². The molecule has 0 fully saturated rings. The van der Waals surface area contributed by atoms with Crippen molar-refractivity contribution in [2.24, 2.45) is 5.92 Å². The average molecular weight is 436 g/mol. The van der Waals surface area contributed by atoms with Crippen LogP contribution in [-0.2, 0) is 11.3 Å². The van der Waals surface area contributed by atoms with Crippen molar-refractivity contribution in [1.29, 1.82) is 0 Å². The number of halogens is 1. The fraction of sp³-hybridized carbons (Fsp3) is 0.476. The number of aromatic nitrogens is 2. The van der Waals surface area contributed by atoms with Gasteiger partial charge in [-0.3, -0.25) is 19.1 Å². The van der Waals surface area contributed by atoms with Gasteiger partial charge >= 0.3 is 5.69 Å². The van der Waals surface area contributed by atoms with E-state index in [1.807, 2.05) is 26.8 Å². The molecule has 2 rings (SSSR count). The van der Waals surface area contributed by atoms with Crippen LogP contribution in [0.4, 0.5) is 17.2 Å². The maximum Gasteiger partial charge on any atom is 0.330 e. The summed E-state index contributed by atoms with van der Waals surface area (Å²) in [5.74, 6) is -0.0244. The molecule has 0 saturated carbocycles. The van der Waals surface area contributed by atoms with E-state index in [2.05, 4.69) is 10.3 Å². The van der Waals surface area contributed by atoms with Gasteiger partial charge in [-0.1, -0.05) is 50.9 Å². The maximum atomic E-state index is 13.1. The lowest BCUT2D eigenvalue weighted by atomic mass is 10.1. The molecular formula is C21H30ClN5O3. The van der Waals surface area contributed by atoms with Crippen LogP contribution in [0.2, 0.25) is 5.02 Å². The standard InChI is InChI=1S/C21H30ClN5O3/c1-4-5-11-27-19(23)18(20(29)25-21(27)30)26(12-10-14(2)3)17(28)13-24-16-9-7-6-8-15(16)22/h6-9,14,24H,4-5,10-13,23H2,1-3H3,(H,25,29,30). The maximum absolute atomic E-state index is 13.1. The average Bonchev–Trinajstić information content (AvgIpc) is 2.69. The van der Waals surface area contributed by atoms with Crippen LogP contribution in [0.1, 0.15) is 40.0 Å². The van der Waals surface area contributed by atoms with E-state index >= 15 is 0 Å². The number of carbonyl (C=O) groups excluding carboxylic acids is 1. The van der Waals surface area contributed by atoms with Crippen molar-refractivity contribution in [3.05, 3.63) is 50.1 Å². The molecule has 0 unspecified atom stereocenters. The summed E-state index contributed by atoms with van der Waals surface area (Å²) in [5, 5.41) is 3.50. The van der Waals surface area contributed by atoms with Gasteiger partial charge in [-0.25, -0.2) is 4.79 Å². The van der Waals surface area contributed by atoms with Gasteiger partial charge < -0.3 is 16.0 Å². The number of aromatic amines is 1. The molecule has 0 aliphatic carbocycles. The monoisotopic (exact) mass is 435 g/mol. The molecule has 1 aromatic carbocycles. The van der Waals surface area contributed by atoms with Crippen LogP contribution in [0.5, 0.6) is 0 Å². The van der Waals surface area contributed by atoms with Crippen molar-refractivity contribution in [3.63, 3.8) is 0 Å². The Kier molecular flexibility index (Phi) is 8.53. The first-order valence-corrected chi connectivity index (χ1v) is 10.5. The smallest absolute Gasteiger partial charge is 0.330 e. The molecule has 0 bridgehead atoms. The summed E-state index contributed by atoms with van der Waals surface area (Å²) in [5.41, 5.74) is 5.60. The third-order valence-corrected chi connectivity index (χ3v) is 5.08. The fourth-order valence-corrected chi connectivity index (χ4v) is 3.20. The predicted octanol–water partition coefficient (Wildman–Crippen LogP) is 3.06. The zero-order valence-electron chi connectivity index (χ0n) is 17.7. The number of unbranched alkanes of at least 4 members (excludes halogenated alkanes) is 1. The number of hydrogen-bond donors (Lipinski definition) is 3. The van der Waals surface area contributed by atoms with E-state index in [4.69, 9.17) is 17.3 Å². The summed E-state index contributed by atoms with van der Waals surface area (Å²) in [7, 11) is 0. The first-order valence-electron chi connectivity index (χ1n) is 10.2. The van der Waals surface area contributed by atoms with Crippen molar-refractivity contribution in [2.75, 3.05) is 29.0 Å². The quantitative estimate of drug-likeness (QED) is 0.530. The Balaban J connectivity index is 2.38. The molecule has 30 heavy (non-hydrogen) atoms. The largest absolute Gasteiger partial charge is 0.383 e. The number of amides is 1. The Morgan fingerprint density at radius 3 is 2.63 bits per heavy atom. The number of H-pyrrole nitrogens is 1. The number of nitrogens with two attached hydrogens (primary N) is 1. The number of nitrogens with zero attached hydrogens (tertiary/aromatic N) is 2. The highest BCUT2D eigenvalue weighted by atomic mass is 35.5. The van der Waals surface area contributed by atoms with Crippen molar-refractivity contribution in [1.82, 2.24) is 9.55 Å².